The Balaban J connectivity index is 2.32. The highest BCUT2D eigenvalue weighted by Crippen LogP contribution is 2.37. The molecule has 4 heteroatoms. The summed E-state index contributed by atoms with van der Waals surface area (Å²) >= 11 is 2.06. The third-order valence-electron chi connectivity index (χ3n) is 3.90. The summed E-state index contributed by atoms with van der Waals surface area (Å²) in [5.41, 5.74) is 8.54. The lowest BCUT2D eigenvalue weighted by Gasteiger charge is -2.28. The smallest absolute Gasteiger partial charge is 0.125 e. The van der Waals surface area contributed by atoms with E-state index in [4.69, 9.17) is 10.5 Å². The lowest BCUT2D eigenvalue weighted by molar-refractivity contribution is 0.407. The summed E-state index contributed by atoms with van der Waals surface area (Å²) in [7, 11) is 1.71. The van der Waals surface area contributed by atoms with Crippen molar-refractivity contribution in [2.75, 3.05) is 30.9 Å². The fourth-order valence-corrected chi connectivity index (χ4v) is 3.80. The van der Waals surface area contributed by atoms with Gasteiger partial charge in [0.25, 0.3) is 0 Å². The fourth-order valence-electron chi connectivity index (χ4n) is 2.71. The van der Waals surface area contributed by atoms with Gasteiger partial charge < -0.3 is 15.4 Å². The molecule has 1 saturated heterocycles. The van der Waals surface area contributed by atoms with Crippen LogP contribution in [0.5, 0.6) is 5.75 Å². The summed E-state index contributed by atoms with van der Waals surface area (Å²) in [4.78, 5) is 2.46. The molecule has 0 amide bonds. The molecule has 1 fully saturated rings. The van der Waals surface area contributed by atoms with Crippen LogP contribution in [0.1, 0.15) is 38.8 Å². The van der Waals surface area contributed by atoms with E-state index in [-0.39, 0.29) is 6.04 Å². The fraction of sp³-hybridized carbons (Fsp3) is 0.625. The number of nitrogens with two attached hydrogens (primary N) is 1. The molecular formula is C16H26N2OS. The lowest BCUT2D eigenvalue weighted by Crippen LogP contribution is -2.29. The number of methoxy groups -OCH3 is 1. The Morgan fingerprint density at radius 1 is 1.35 bits per heavy atom. The van der Waals surface area contributed by atoms with Crippen molar-refractivity contribution in [2.24, 2.45) is 5.73 Å². The Labute approximate surface area is 126 Å². The third kappa shape index (κ3) is 3.41. The Morgan fingerprint density at radius 2 is 2.10 bits per heavy atom. The van der Waals surface area contributed by atoms with Crippen LogP contribution in [0.2, 0.25) is 0 Å². The molecule has 2 rings (SSSR count). The molecule has 20 heavy (non-hydrogen) atoms. The molecule has 1 aliphatic rings. The molecule has 112 valence electrons. The summed E-state index contributed by atoms with van der Waals surface area (Å²) in [5.74, 6) is 2.05. The average molecular weight is 294 g/mol. The van der Waals surface area contributed by atoms with Crippen LogP contribution in [0.25, 0.3) is 0 Å². The monoisotopic (exact) mass is 294 g/mol. The maximum atomic E-state index is 6.18. The van der Waals surface area contributed by atoms with Gasteiger partial charge in [0.05, 0.1) is 7.11 Å². The summed E-state index contributed by atoms with van der Waals surface area (Å²) in [5, 5.41) is 0. The van der Waals surface area contributed by atoms with E-state index < -0.39 is 0 Å². The summed E-state index contributed by atoms with van der Waals surface area (Å²) in [6.07, 6.45) is 1.19. The van der Waals surface area contributed by atoms with Crippen LogP contribution in [0.4, 0.5) is 5.69 Å². The largest absolute Gasteiger partial charge is 0.496 e. The Hall–Kier alpha value is -0.870. The number of hydrogen-bond acceptors (Lipinski definition) is 4. The first-order valence-corrected chi connectivity index (χ1v) is 8.24. The molecule has 0 aliphatic carbocycles. The molecule has 1 aliphatic heterocycles. The van der Waals surface area contributed by atoms with Gasteiger partial charge in [-0.15, -0.1) is 0 Å². The molecule has 1 heterocycles. The van der Waals surface area contributed by atoms with E-state index in [1.165, 1.54) is 12.1 Å². The van der Waals surface area contributed by atoms with Gasteiger partial charge in [0.2, 0.25) is 0 Å². The van der Waals surface area contributed by atoms with E-state index in [1.807, 2.05) is 13.0 Å². The molecule has 0 unspecified atom stereocenters. The highest BCUT2D eigenvalue weighted by atomic mass is 32.2. The minimum atomic E-state index is -0.0231. The highest BCUT2D eigenvalue weighted by Gasteiger charge is 2.26. The van der Waals surface area contributed by atoms with Crippen LogP contribution in [0, 0.1) is 0 Å². The number of rotatable bonds is 3. The van der Waals surface area contributed by atoms with Gasteiger partial charge in [-0.2, -0.15) is 11.8 Å². The van der Waals surface area contributed by atoms with Gasteiger partial charge in [-0.3, -0.25) is 0 Å². The number of thioether (sulfide) groups is 1. The van der Waals surface area contributed by atoms with Crippen molar-refractivity contribution < 1.29 is 4.74 Å². The predicted molar refractivity (Wildman–Crippen MR) is 89.0 cm³/mol. The first kappa shape index (κ1) is 15.5. The van der Waals surface area contributed by atoms with Crippen molar-refractivity contribution in [3.05, 3.63) is 23.8 Å². The molecule has 0 spiro atoms. The van der Waals surface area contributed by atoms with E-state index in [0.29, 0.717) is 4.75 Å². The van der Waals surface area contributed by atoms with Crippen molar-refractivity contribution in [3.8, 4) is 5.75 Å². The van der Waals surface area contributed by atoms with Gasteiger partial charge in [-0.05, 0) is 25.5 Å². The first-order chi connectivity index (χ1) is 9.44. The molecule has 1 aromatic rings. The summed E-state index contributed by atoms with van der Waals surface area (Å²) in [6, 6.07) is 6.21. The van der Waals surface area contributed by atoms with Gasteiger partial charge in [0.1, 0.15) is 5.75 Å². The molecule has 0 radical (unpaired) electrons. The number of hydrogen-bond donors (Lipinski definition) is 1. The predicted octanol–water partition coefficient (Wildman–Crippen LogP) is 3.44. The van der Waals surface area contributed by atoms with Crippen LogP contribution in [-0.2, 0) is 0 Å². The van der Waals surface area contributed by atoms with Crippen LogP contribution >= 0.6 is 11.8 Å². The molecule has 0 saturated carbocycles. The van der Waals surface area contributed by atoms with Gasteiger partial charge in [-0.25, -0.2) is 0 Å². The lowest BCUT2D eigenvalue weighted by atomic mass is 10.0. The average Bonchev–Trinajstić information content (AvgIpc) is 2.58. The Morgan fingerprint density at radius 3 is 2.75 bits per heavy atom. The van der Waals surface area contributed by atoms with E-state index >= 15 is 0 Å². The van der Waals surface area contributed by atoms with Gasteiger partial charge in [0.15, 0.2) is 0 Å². The normalized spacial score (nSPS) is 20.4. The number of benzene rings is 1. The van der Waals surface area contributed by atoms with Gasteiger partial charge >= 0.3 is 0 Å². The first-order valence-electron chi connectivity index (χ1n) is 7.26. The standard InChI is InChI=1S/C16H26N2OS/c1-12(17)15-13(6-5-7-14(15)19-4)18-9-8-16(2,3)20-11-10-18/h5-7,12H,8-11,17H2,1-4H3/t12-/m0/s1. The highest BCUT2D eigenvalue weighted by molar-refractivity contribution is 8.00. The maximum absolute atomic E-state index is 6.18. The van der Waals surface area contributed by atoms with Gasteiger partial charge in [-0.1, -0.05) is 19.9 Å². The number of anilines is 1. The second-order valence-corrected chi connectivity index (χ2v) is 7.83. The summed E-state index contributed by atoms with van der Waals surface area (Å²) in [6.45, 7) is 8.84. The summed E-state index contributed by atoms with van der Waals surface area (Å²) < 4.78 is 5.86. The SMILES string of the molecule is COc1cccc(N2CCSC(C)(C)CC2)c1[C@H](C)N. The Kier molecular flexibility index (Phi) is 4.86. The topological polar surface area (TPSA) is 38.5 Å². The van der Waals surface area contributed by atoms with Crippen LogP contribution < -0.4 is 15.4 Å². The molecule has 1 aromatic carbocycles. The van der Waals surface area contributed by atoms with Crippen molar-refractivity contribution >= 4 is 17.4 Å². The minimum absolute atomic E-state index is 0.0231. The van der Waals surface area contributed by atoms with E-state index in [0.717, 1.165) is 30.2 Å². The second-order valence-electron chi connectivity index (χ2n) is 6.03. The van der Waals surface area contributed by atoms with E-state index in [1.54, 1.807) is 7.11 Å². The van der Waals surface area contributed by atoms with E-state index in [9.17, 15) is 0 Å². The minimum Gasteiger partial charge on any atom is -0.496 e. The Bertz CT molecular complexity index is 460. The van der Waals surface area contributed by atoms with Crippen molar-refractivity contribution in [2.45, 2.75) is 38.0 Å². The van der Waals surface area contributed by atoms with E-state index in [2.05, 4.69) is 42.6 Å². The van der Waals surface area contributed by atoms with Crippen LogP contribution in [0.3, 0.4) is 0 Å². The quantitative estimate of drug-likeness (QED) is 0.927. The molecule has 0 bridgehead atoms. The molecule has 3 nitrogen and oxygen atoms in total. The molecule has 2 N–H and O–H groups in total. The zero-order chi connectivity index (χ0) is 14.8. The van der Waals surface area contributed by atoms with Crippen molar-refractivity contribution in [1.82, 2.24) is 0 Å². The molecular weight excluding hydrogens is 268 g/mol. The maximum Gasteiger partial charge on any atom is 0.125 e. The van der Waals surface area contributed by atoms with Crippen LogP contribution in [0.15, 0.2) is 18.2 Å². The molecule has 0 aromatic heterocycles. The number of ether oxygens (including phenoxy) is 1. The molecule has 1 atom stereocenters. The third-order valence-corrected chi connectivity index (χ3v) is 5.27. The van der Waals surface area contributed by atoms with Gasteiger partial charge in [0, 0.05) is 40.9 Å². The van der Waals surface area contributed by atoms with Crippen molar-refractivity contribution in [1.29, 1.82) is 0 Å². The van der Waals surface area contributed by atoms with Crippen molar-refractivity contribution in [3.63, 3.8) is 0 Å². The zero-order valence-electron chi connectivity index (χ0n) is 13.0. The zero-order valence-corrected chi connectivity index (χ0v) is 13.8. The second kappa shape index (κ2) is 6.27. The van der Waals surface area contributed by atoms with Crippen LogP contribution in [-0.4, -0.2) is 30.7 Å². The number of nitrogens with zero attached hydrogens (tertiary/aromatic N) is 1.